The van der Waals surface area contributed by atoms with Crippen LogP contribution in [0, 0.1) is 12.8 Å². The largest absolute Gasteiger partial charge is 0.369 e. The monoisotopic (exact) mass is 715 g/mol. The van der Waals surface area contributed by atoms with Crippen molar-refractivity contribution in [1.82, 2.24) is 9.47 Å². The molecule has 2 bridgehead atoms. The third-order valence-electron chi connectivity index (χ3n) is 9.68. The molecule has 3 aliphatic rings. The highest BCUT2D eigenvalue weighted by Crippen LogP contribution is 2.40. The van der Waals surface area contributed by atoms with Crippen LogP contribution in [0.4, 0.5) is 17.1 Å². The highest BCUT2D eigenvalue weighted by molar-refractivity contribution is 9.10. The van der Waals surface area contributed by atoms with Crippen molar-refractivity contribution in [3.63, 3.8) is 0 Å². The van der Waals surface area contributed by atoms with Gasteiger partial charge in [-0.2, -0.15) is 0 Å². The van der Waals surface area contributed by atoms with Gasteiger partial charge in [0.05, 0.1) is 16.3 Å². The van der Waals surface area contributed by atoms with Crippen LogP contribution in [0.25, 0.3) is 0 Å². The summed E-state index contributed by atoms with van der Waals surface area (Å²) >= 11 is 3.38. The average Bonchev–Trinajstić information content (AvgIpc) is 3.05. The summed E-state index contributed by atoms with van der Waals surface area (Å²) in [6.07, 6.45) is 0.975. The molecule has 1 aromatic heterocycles. The summed E-state index contributed by atoms with van der Waals surface area (Å²) in [4.78, 5) is 33.1. The average molecular weight is 717 g/mol. The fraction of sp³-hybridized carbons (Fsp3) is 0.333. The van der Waals surface area contributed by atoms with E-state index in [1.807, 2.05) is 33.7 Å². The Labute approximate surface area is 284 Å². The predicted octanol–water partition coefficient (Wildman–Crippen LogP) is 5.69. The van der Waals surface area contributed by atoms with E-state index < -0.39 is 10.0 Å². The second kappa shape index (κ2) is 12.5. The van der Waals surface area contributed by atoms with Crippen molar-refractivity contribution in [3.8, 4) is 0 Å². The molecule has 0 saturated carbocycles. The number of piperidine rings is 1. The molecule has 0 aliphatic carbocycles. The van der Waals surface area contributed by atoms with Crippen molar-refractivity contribution in [1.29, 1.82) is 0 Å². The highest BCUT2D eigenvalue weighted by atomic mass is 79.9. The minimum Gasteiger partial charge on any atom is -0.369 e. The summed E-state index contributed by atoms with van der Waals surface area (Å²) in [6, 6.07) is 25.8. The Hall–Kier alpha value is -4.09. The topological polar surface area (TPSA) is 95.0 Å². The number of halogens is 1. The van der Waals surface area contributed by atoms with E-state index in [1.165, 1.54) is 5.56 Å². The van der Waals surface area contributed by atoms with Crippen LogP contribution in [0.2, 0.25) is 0 Å². The van der Waals surface area contributed by atoms with Gasteiger partial charge < -0.3 is 19.3 Å². The van der Waals surface area contributed by atoms with E-state index in [-0.39, 0.29) is 34.2 Å². The number of anilines is 3. The zero-order chi connectivity index (χ0) is 32.9. The van der Waals surface area contributed by atoms with Crippen molar-refractivity contribution in [3.05, 3.63) is 117 Å². The number of nitrogens with one attached hydrogen (secondary N) is 1. The Kier molecular flexibility index (Phi) is 8.38. The van der Waals surface area contributed by atoms with E-state index in [4.69, 9.17) is 0 Å². The van der Waals surface area contributed by atoms with Gasteiger partial charge in [0.15, 0.2) is 0 Å². The highest BCUT2D eigenvalue weighted by Gasteiger charge is 2.36. The smallest absolute Gasteiger partial charge is 0.261 e. The lowest BCUT2D eigenvalue weighted by Gasteiger charge is -2.44. The predicted molar refractivity (Wildman–Crippen MR) is 189 cm³/mol. The van der Waals surface area contributed by atoms with Crippen molar-refractivity contribution < 1.29 is 13.2 Å². The van der Waals surface area contributed by atoms with Crippen molar-refractivity contribution >= 4 is 48.9 Å². The molecule has 2 saturated heterocycles. The van der Waals surface area contributed by atoms with E-state index in [1.54, 1.807) is 36.4 Å². The molecule has 3 atom stereocenters. The molecule has 3 aromatic carbocycles. The summed E-state index contributed by atoms with van der Waals surface area (Å²) < 4.78 is 32.9. The molecule has 0 unspecified atom stereocenters. The number of benzene rings is 3. The molecular weight excluding hydrogens is 678 g/mol. The van der Waals surface area contributed by atoms with Gasteiger partial charge in [0.25, 0.3) is 21.5 Å². The number of piperazine rings is 1. The minimum absolute atomic E-state index is 0.0190. The maximum atomic E-state index is 14.0. The quantitative estimate of drug-likeness (QED) is 0.276. The van der Waals surface area contributed by atoms with Gasteiger partial charge in [-0.3, -0.25) is 14.3 Å². The first-order valence-electron chi connectivity index (χ1n) is 16.1. The molecule has 47 heavy (non-hydrogen) atoms. The fourth-order valence-electron chi connectivity index (χ4n) is 7.45. The molecule has 11 heteroatoms. The molecular formula is C36H38BrN5O4S. The van der Waals surface area contributed by atoms with Gasteiger partial charge in [-0.25, -0.2) is 8.42 Å². The third kappa shape index (κ3) is 6.30. The number of carbonyl (C=O) groups excluding carboxylic acids is 1. The number of fused-ring (bicyclic) bond motifs is 4. The Balaban J connectivity index is 1.19. The van der Waals surface area contributed by atoms with E-state index >= 15 is 0 Å². The summed E-state index contributed by atoms with van der Waals surface area (Å²) in [5.41, 5.74) is 4.91. The van der Waals surface area contributed by atoms with Crippen molar-refractivity contribution in [2.45, 2.75) is 43.7 Å². The molecule has 4 aromatic rings. The van der Waals surface area contributed by atoms with Gasteiger partial charge in [0.2, 0.25) is 0 Å². The number of hydrogen-bond donors (Lipinski definition) is 1. The molecule has 3 aliphatic heterocycles. The standard InChI is InChI=1S/C36H38BrN5O4S/c1-24-5-3-6-30(17-24)41-16-15-39(20-25(41)2)36(44)27-9-14-34(32(19-27)38-47(45,46)31-12-10-29(37)11-13-31)40-21-26-18-28(23-40)33-7-4-8-35(43)42(33)22-26/h3-14,17,19,25-26,28,38H,15-16,18,20-23H2,1-2H3/t25-,26+,28-/m0/s1. The fourth-order valence-corrected chi connectivity index (χ4v) is 8.78. The van der Waals surface area contributed by atoms with E-state index in [2.05, 4.69) is 68.6 Å². The number of nitrogens with zero attached hydrogens (tertiary/aromatic N) is 4. The van der Waals surface area contributed by atoms with Crippen LogP contribution in [-0.2, 0) is 16.6 Å². The van der Waals surface area contributed by atoms with E-state index in [0.29, 0.717) is 50.5 Å². The minimum atomic E-state index is -3.96. The van der Waals surface area contributed by atoms with Crippen LogP contribution in [0.3, 0.4) is 0 Å². The first-order valence-corrected chi connectivity index (χ1v) is 18.3. The van der Waals surface area contributed by atoms with Gasteiger partial charge in [-0.1, -0.05) is 34.1 Å². The Morgan fingerprint density at radius 3 is 2.45 bits per heavy atom. The van der Waals surface area contributed by atoms with Gasteiger partial charge in [-0.05, 0) is 92.4 Å². The molecule has 7 rings (SSSR count). The number of sulfonamides is 1. The lowest BCUT2D eigenvalue weighted by Crippen LogP contribution is -2.53. The van der Waals surface area contributed by atoms with Crippen molar-refractivity contribution in [2.24, 2.45) is 5.92 Å². The summed E-state index contributed by atoms with van der Waals surface area (Å²) in [6.45, 7) is 7.98. The number of pyridine rings is 1. The van der Waals surface area contributed by atoms with Crippen LogP contribution in [0.1, 0.15) is 40.9 Å². The second-order valence-corrected chi connectivity index (χ2v) is 15.6. The van der Waals surface area contributed by atoms with E-state index in [9.17, 15) is 18.0 Å². The van der Waals surface area contributed by atoms with Crippen LogP contribution in [0.5, 0.6) is 0 Å². The number of hydrogen-bond acceptors (Lipinski definition) is 6. The Morgan fingerprint density at radius 2 is 1.68 bits per heavy atom. The summed E-state index contributed by atoms with van der Waals surface area (Å²) in [5, 5.41) is 0. The van der Waals surface area contributed by atoms with Gasteiger partial charge in [0.1, 0.15) is 0 Å². The molecule has 1 amide bonds. The number of rotatable bonds is 6. The summed E-state index contributed by atoms with van der Waals surface area (Å²) in [5.74, 6) is 0.254. The Bertz CT molecular complexity index is 2000. The Morgan fingerprint density at radius 1 is 0.894 bits per heavy atom. The van der Waals surface area contributed by atoms with E-state index in [0.717, 1.165) is 28.0 Å². The normalized spacial score (nSPS) is 20.9. The maximum absolute atomic E-state index is 14.0. The lowest BCUT2D eigenvalue weighted by atomic mass is 9.83. The SMILES string of the molecule is Cc1cccc(N2CCN(C(=O)c3ccc(N4C[C@H]5C[C@@H](C4)c4cccc(=O)n4C5)c(NS(=O)(=O)c4ccc(Br)cc4)c3)C[C@@H]2C)c1. The van der Waals surface area contributed by atoms with Crippen LogP contribution in [-0.4, -0.2) is 62.6 Å². The molecule has 4 heterocycles. The van der Waals surface area contributed by atoms with Crippen LogP contribution >= 0.6 is 15.9 Å². The zero-order valence-electron chi connectivity index (χ0n) is 26.5. The number of amides is 1. The molecule has 9 nitrogen and oxygen atoms in total. The molecule has 1 N–H and O–H groups in total. The first kappa shape index (κ1) is 31.5. The molecule has 0 spiro atoms. The summed E-state index contributed by atoms with van der Waals surface area (Å²) in [7, 11) is -3.96. The lowest BCUT2D eigenvalue weighted by molar-refractivity contribution is 0.0726. The molecule has 2 fully saturated rings. The van der Waals surface area contributed by atoms with Crippen LogP contribution < -0.4 is 20.1 Å². The number of aryl methyl sites for hydroxylation is 1. The zero-order valence-corrected chi connectivity index (χ0v) is 28.9. The number of aromatic nitrogens is 1. The van der Waals surface area contributed by atoms with Gasteiger partial charge >= 0.3 is 0 Å². The maximum Gasteiger partial charge on any atom is 0.261 e. The van der Waals surface area contributed by atoms with Crippen LogP contribution in [0.15, 0.2) is 99.1 Å². The first-order chi connectivity index (χ1) is 22.6. The van der Waals surface area contributed by atoms with Gasteiger partial charge in [-0.15, -0.1) is 0 Å². The molecule has 244 valence electrons. The number of carbonyl (C=O) groups is 1. The second-order valence-electron chi connectivity index (χ2n) is 13.0. The van der Waals surface area contributed by atoms with Crippen molar-refractivity contribution in [2.75, 3.05) is 47.2 Å². The molecule has 0 radical (unpaired) electrons. The van der Waals surface area contributed by atoms with Gasteiger partial charge in [0, 0.05) is 78.7 Å². The third-order valence-corrected chi connectivity index (χ3v) is 11.6.